The standard InChI is InChI=1S/C24H30N2O6S2/c1-24(23(27)25-28,34(3,31)32)14-17-26-15-12-21(13-16-26)19-6-4-18(5-7-19)20-8-10-22(11-9-20)33(2,29)30/h4-12,28H,13-17H2,1-3H3,(H,25,27). The van der Waals surface area contributed by atoms with Crippen molar-refractivity contribution in [2.24, 2.45) is 0 Å². The first-order valence-corrected chi connectivity index (χ1v) is 14.6. The molecule has 10 heteroatoms. The predicted octanol–water partition coefficient (Wildman–Crippen LogP) is 2.55. The molecule has 1 unspecified atom stereocenters. The number of sulfone groups is 2. The van der Waals surface area contributed by atoms with E-state index in [0.29, 0.717) is 18.0 Å². The number of nitrogens with zero attached hydrogens (tertiary/aromatic N) is 1. The zero-order valence-corrected chi connectivity index (χ0v) is 21.1. The van der Waals surface area contributed by atoms with Gasteiger partial charge in [-0.25, -0.2) is 22.3 Å². The smallest absolute Gasteiger partial charge is 0.264 e. The van der Waals surface area contributed by atoms with Crippen molar-refractivity contribution in [3.05, 3.63) is 60.2 Å². The normalized spacial score (nSPS) is 17.0. The van der Waals surface area contributed by atoms with Gasteiger partial charge >= 0.3 is 0 Å². The van der Waals surface area contributed by atoms with Gasteiger partial charge in [0.25, 0.3) is 5.91 Å². The third-order valence-electron chi connectivity index (χ3n) is 6.47. The highest BCUT2D eigenvalue weighted by molar-refractivity contribution is 7.92. The van der Waals surface area contributed by atoms with Crippen LogP contribution in [0, 0.1) is 0 Å². The van der Waals surface area contributed by atoms with Crippen molar-refractivity contribution >= 4 is 31.2 Å². The second kappa shape index (κ2) is 9.99. The Morgan fingerprint density at radius 1 is 0.971 bits per heavy atom. The number of hydrogen-bond donors (Lipinski definition) is 2. The summed E-state index contributed by atoms with van der Waals surface area (Å²) in [6.07, 6.45) is 5.15. The van der Waals surface area contributed by atoms with Crippen LogP contribution in [-0.4, -0.2) is 69.7 Å². The molecule has 0 saturated heterocycles. The molecule has 0 aliphatic carbocycles. The Morgan fingerprint density at radius 2 is 1.50 bits per heavy atom. The third-order valence-corrected chi connectivity index (χ3v) is 9.62. The Morgan fingerprint density at radius 3 is 1.94 bits per heavy atom. The first-order valence-electron chi connectivity index (χ1n) is 10.8. The maximum absolute atomic E-state index is 12.1. The first kappa shape index (κ1) is 26.1. The molecule has 0 fully saturated rings. The molecule has 1 aliphatic rings. The van der Waals surface area contributed by atoms with Crippen LogP contribution in [0.2, 0.25) is 0 Å². The summed E-state index contributed by atoms with van der Waals surface area (Å²) in [5, 5.41) is 8.96. The molecule has 184 valence electrons. The van der Waals surface area contributed by atoms with E-state index in [-0.39, 0.29) is 6.42 Å². The lowest BCUT2D eigenvalue weighted by atomic mass is 9.96. The number of amides is 1. The van der Waals surface area contributed by atoms with E-state index in [9.17, 15) is 21.6 Å². The number of carbonyl (C=O) groups excluding carboxylic acids is 1. The zero-order chi connectivity index (χ0) is 25.1. The average molecular weight is 507 g/mol. The minimum absolute atomic E-state index is 0.0776. The van der Waals surface area contributed by atoms with Crippen LogP contribution < -0.4 is 5.48 Å². The van der Waals surface area contributed by atoms with Crippen molar-refractivity contribution < 1.29 is 26.8 Å². The summed E-state index contributed by atoms with van der Waals surface area (Å²) in [6, 6.07) is 14.9. The Hall–Kier alpha value is -2.53. The van der Waals surface area contributed by atoms with Crippen LogP contribution in [0.1, 0.15) is 25.3 Å². The maximum Gasteiger partial charge on any atom is 0.264 e. The maximum atomic E-state index is 12.1. The fourth-order valence-electron chi connectivity index (χ4n) is 3.90. The molecule has 0 saturated carbocycles. The molecule has 34 heavy (non-hydrogen) atoms. The van der Waals surface area contributed by atoms with Gasteiger partial charge in [-0.3, -0.25) is 14.9 Å². The Kier molecular flexibility index (Phi) is 7.66. The summed E-state index contributed by atoms with van der Waals surface area (Å²) in [5.41, 5.74) is 5.69. The molecular formula is C24H30N2O6S2. The first-order chi connectivity index (χ1) is 15.8. The van der Waals surface area contributed by atoms with Crippen molar-refractivity contribution in [2.75, 3.05) is 32.1 Å². The predicted molar refractivity (Wildman–Crippen MR) is 132 cm³/mol. The number of hydroxylamine groups is 1. The molecule has 0 spiro atoms. The SMILES string of the molecule is CC(CCN1CC=C(c2ccc(-c3ccc(S(C)(=O)=O)cc3)cc2)CC1)(C(=O)NO)S(C)(=O)=O. The van der Waals surface area contributed by atoms with Gasteiger partial charge in [-0.15, -0.1) is 0 Å². The summed E-state index contributed by atoms with van der Waals surface area (Å²) in [6.45, 7) is 3.09. The van der Waals surface area contributed by atoms with Crippen molar-refractivity contribution in [1.82, 2.24) is 10.4 Å². The monoisotopic (exact) mass is 506 g/mol. The van der Waals surface area contributed by atoms with Crippen LogP contribution in [0.4, 0.5) is 0 Å². The minimum atomic E-state index is -3.71. The molecular weight excluding hydrogens is 476 g/mol. The molecule has 0 radical (unpaired) electrons. The Balaban J connectivity index is 1.65. The molecule has 3 rings (SSSR count). The van der Waals surface area contributed by atoms with Crippen molar-refractivity contribution in [2.45, 2.75) is 29.4 Å². The topological polar surface area (TPSA) is 121 Å². The highest BCUT2D eigenvalue weighted by atomic mass is 32.2. The summed E-state index contributed by atoms with van der Waals surface area (Å²) in [7, 11) is -6.94. The van der Waals surface area contributed by atoms with E-state index in [1.54, 1.807) is 24.3 Å². The molecule has 1 atom stereocenters. The molecule has 2 N–H and O–H groups in total. The van der Waals surface area contributed by atoms with Gasteiger partial charge in [-0.1, -0.05) is 42.5 Å². The van der Waals surface area contributed by atoms with E-state index in [1.165, 1.54) is 24.2 Å². The van der Waals surface area contributed by atoms with Crippen molar-refractivity contribution in [3.63, 3.8) is 0 Å². The van der Waals surface area contributed by atoms with E-state index < -0.39 is 30.3 Å². The van der Waals surface area contributed by atoms with E-state index in [0.717, 1.165) is 35.9 Å². The van der Waals surface area contributed by atoms with Gasteiger partial charge in [0.2, 0.25) is 0 Å². The molecule has 8 nitrogen and oxygen atoms in total. The van der Waals surface area contributed by atoms with Crippen molar-refractivity contribution in [1.29, 1.82) is 0 Å². The summed E-state index contributed by atoms with van der Waals surface area (Å²) < 4.78 is 45.8. The number of hydrogen-bond acceptors (Lipinski definition) is 7. The molecule has 2 aromatic rings. The van der Waals surface area contributed by atoms with Gasteiger partial charge in [0.1, 0.15) is 0 Å². The lowest BCUT2D eigenvalue weighted by molar-refractivity contribution is -0.131. The number of rotatable bonds is 8. The van der Waals surface area contributed by atoms with Gasteiger partial charge in [-0.2, -0.15) is 0 Å². The number of benzene rings is 2. The summed E-state index contributed by atoms with van der Waals surface area (Å²) in [4.78, 5) is 14.4. The molecule has 1 aliphatic heterocycles. The summed E-state index contributed by atoms with van der Waals surface area (Å²) >= 11 is 0. The Labute approximate surface area is 201 Å². The number of nitrogens with one attached hydrogen (secondary N) is 1. The van der Waals surface area contributed by atoms with E-state index in [4.69, 9.17) is 5.21 Å². The van der Waals surface area contributed by atoms with Crippen LogP contribution in [-0.2, 0) is 24.5 Å². The van der Waals surface area contributed by atoms with Gasteiger partial charge in [0, 0.05) is 32.1 Å². The van der Waals surface area contributed by atoms with Gasteiger partial charge in [0.05, 0.1) is 4.90 Å². The Bertz CT molecular complexity index is 1280. The van der Waals surface area contributed by atoms with E-state index >= 15 is 0 Å². The minimum Gasteiger partial charge on any atom is -0.299 e. The second-order valence-electron chi connectivity index (χ2n) is 8.85. The summed E-state index contributed by atoms with van der Waals surface area (Å²) in [5.74, 6) is -0.922. The highest BCUT2D eigenvalue weighted by Crippen LogP contribution is 2.28. The lowest BCUT2D eigenvalue weighted by Crippen LogP contribution is -2.51. The van der Waals surface area contributed by atoms with Crippen LogP contribution in [0.15, 0.2) is 59.5 Å². The van der Waals surface area contributed by atoms with Gasteiger partial charge in [0.15, 0.2) is 24.4 Å². The van der Waals surface area contributed by atoms with Crippen LogP contribution >= 0.6 is 0 Å². The lowest BCUT2D eigenvalue weighted by Gasteiger charge is -2.31. The molecule has 2 aromatic carbocycles. The van der Waals surface area contributed by atoms with Gasteiger partial charge < -0.3 is 0 Å². The molecule has 0 bridgehead atoms. The van der Waals surface area contributed by atoms with Crippen LogP contribution in [0.3, 0.4) is 0 Å². The third kappa shape index (κ3) is 5.75. The zero-order valence-electron chi connectivity index (χ0n) is 19.5. The van der Waals surface area contributed by atoms with Gasteiger partial charge in [-0.05, 0) is 54.2 Å². The van der Waals surface area contributed by atoms with E-state index in [1.807, 2.05) is 24.3 Å². The largest absolute Gasteiger partial charge is 0.299 e. The molecule has 1 amide bonds. The molecule has 0 aromatic heterocycles. The fraction of sp³-hybridized carbons (Fsp3) is 0.375. The van der Waals surface area contributed by atoms with Crippen molar-refractivity contribution in [3.8, 4) is 11.1 Å². The second-order valence-corrected chi connectivity index (χ2v) is 13.3. The molecule has 1 heterocycles. The van der Waals surface area contributed by atoms with E-state index in [2.05, 4.69) is 11.0 Å². The quantitative estimate of drug-likeness (QED) is 0.417. The highest BCUT2D eigenvalue weighted by Gasteiger charge is 2.43. The fourth-order valence-corrected chi connectivity index (χ4v) is 5.38. The number of carbonyl (C=O) groups is 1. The van der Waals surface area contributed by atoms with Crippen LogP contribution in [0.5, 0.6) is 0 Å². The average Bonchev–Trinajstić information content (AvgIpc) is 2.81. The van der Waals surface area contributed by atoms with Crippen LogP contribution in [0.25, 0.3) is 16.7 Å².